The molecule has 0 spiro atoms. The molecule has 0 unspecified atom stereocenters. The van der Waals surface area contributed by atoms with E-state index >= 15 is 0 Å². The number of rotatable bonds is 10. The summed E-state index contributed by atoms with van der Waals surface area (Å²) in [5.41, 5.74) is 1.93. The third kappa shape index (κ3) is 6.26. The van der Waals surface area contributed by atoms with Gasteiger partial charge in [0, 0.05) is 18.7 Å². The minimum Gasteiger partial charge on any atom is -0.487 e. The number of aryl methyl sites for hydroxylation is 1. The van der Waals surface area contributed by atoms with Gasteiger partial charge < -0.3 is 14.3 Å². The van der Waals surface area contributed by atoms with Crippen LogP contribution in [0.15, 0.2) is 77.2 Å². The van der Waals surface area contributed by atoms with Crippen LogP contribution < -0.4 is 9.04 Å². The number of ether oxygens (including phenoxy) is 1. The number of carboxylic acid groups (broad SMARTS) is 1. The van der Waals surface area contributed by atoms with Crippen molar-refractivity contribution >= 4 is 21.9 Å². The van der Waals surface area contributed by atoms with Gasteiger partial charge in [-0.05, 0) is 66.9 Å². The fraction of sp³-hybridized carbons (Fsp3) is 0.241. The lowest BCUT2D eigenvalue weighted by Crippen LogP contribution is -2.45. The van der Waals surface area contributed by atoms with E-state index in [0.717, 1.165) is 22.0 Å². The van der Waals surface area contributed by atoms with Gasteiger partial charge in [0.1, 0.15) is 30.4 Å². The Hall–Kier alpha value is -4.36. The van der Waals surface area contributed by atoms with Gasteiger partial charge in [-0.25, -0.2) is 4.98 Å². The number of benzene rings is 3. The molecule has 0 radical (unpaired) electrons. The minimum atomic E-state index is -4.45. The Morgan fingerprint density at radius 2 is 1.83 bits per heavy atom. The molecule has 42 heavy (non-hydrogen) atoms. The van der Waals surface area contributed by atoms with Crippen molar-refractivity contribution in [1.29, 1.82) is 0 Å². The summed E-state index contributed by atoms with van der Waals surface area (Å²) < 4.78 is 79.3. The zero-order chi connectivity index (χ0) is 30.1. The number of carboxylic acids is 1. The standard InChI is InChI=1S/C29H26F3N3O6S/c1-19-25(33-28(41-19)22-9-11-23(12-10-22)29(30,31)32)18-40-24-7-4-5-20(15-24)16-34(17-27(36)37)42(38,39)35-14-13-21-6-2-3-8-26(21)35/h2-12,15H,13-14,16-18H2,1H3,(H,36,37). The smallest absolute Gasteiger partial charge is 0.416 e. The van der Waals surface area contributed by atoms with Crippen LogP contribution in [0.1, 0.15) is 28.1 Å². The van der Waals surface area contributed by atoms with Gasteiger partial charge in [0.05, 0.1) is 11.3 Å². The van der Waals surface area contributed by atoms with Gasteiger partial charge in [-0.2, -0.15) is 25.9 Å². The topological polar surface area (TPSA) is 113 Å². The van der Waals surface area contributed by atoms with Gasteiger partial charge in [0.25, 0.3) is 0 Å². The lowest BCUT2D eigenvalue weighted by atomic mass is 10.1. The number of nitrogens with zero attached hydrogens (tertiary/aromatic N) is 3. The molecule has 5 rings (SSSR count). The summed E-state index contributed by atoms with van der Waals surface area (Å²) in [6, 6.07) is 18.1. The summed E-state index contributed by atoms with van der Waals surface area (Å²) in [4.78, 5) is 16.0. The Labute approximate surface area is 240 Å². The van der Waals surface area contributed by atoms with Crippen LogP contribution in [0.25, 0.3) is 11.5 Å². The van der Waals surface area contributed by atoms with Crippen molar-refractivity contribution < 1.29 is 40.6 Å². The summed E-state index contributed by atoms with van der Waals surface area (Å²) >= 11 is 0. The van der Waals surface area contributed by atoms with E-state index in [1.54, 1.807) is 43.3 Å². The van der Waals surface area contributed by atoms with E-state index in [4.69, 9.17) is 9.15 Å². The van der Waals surface area contributed by atoms with Crippen molar-refractivity contribution in [3.63, 3.8) is 0 Å². The lowest BCUT2D eigenvalue weighted by Gasteiger charge is -2.28. The van der Waals surface area contributed by atoms with Crippen molar-refractivity contribution in [3.05, 3.63) is 101 Å². The minimum absolute atomic E-state index is 0.0267. The van der Waals surface area contributed by atoms with Crippen LogP contribution in [0.5, 0.6) is 5.75 Å². The number of fused-ring (bicyclic) bond motifs is 1. The van der Waals surface area contributed by atoms with Gasteiger partial charge >= 0.3 is 22.4 Å². The van der Waals surface area contributed by atoms with E-state index < -0.39 is 34.5 Å². The van der Waals surface area contributed by atoms with Crippen molar-refractivity contribution in [2.75, 3.05) is 17.4 Å². The molecular formula is C29H26F3N3O6S. The second-order valence-electron chi connectivity index (χ2n) is 9.65. The fourth-order valence-corrected chi connectivity index (χ4v) is 6.25. The first-order chi connectivity index (χ1) is 19.9. The molecule has 0 aliphatic carbocycles. The average molecular weight is 602 g/mol. The molecule has 220 valence electrons. The molecule has 0 saturated heterocycles. The first-order valence-electron chi connectivity index (χ1n) is 12.8. The van der Waals surface area contributed by atoms with Crippen LogP contribution in [0.2, 0.25) is 0 Å². The van der Waals surface area contributed by atoms with Crippen molar-refractivity contribution in [3.8, 4) is 17.2 Å². The fourth-order valence-electron chi connectivity index (χ4n) is 4.63. The summed E-state index contributed by atoms with van der Waals surface area (Å²) in [5, 5.41) is 9.47. The highest BCUT2D eigenvalue weighted by atomic mass is 32.2. The molecule has 1 aliphatic heterocycles. The van der Waals surface area contributed by atoms with Crippen LogP contribution in [0, 0.1) is 6.92 Å². The highest BCUT2D eigenvalue weighted by Crippen LogP contribution is 2.33. The predicted molar refractivity (Wildman–Crippen MR) is 147 cm³/mol. The van der Waals surface area contributed by atoms with E-state index in [1.807, 2.05) is 12.1 Å². The summed E-state index contributed by atoms with van der Waals surface area (Å²) in [5.74, 6) is -0.341. The number of anilines is 1. The molecule has 0 saturated carbocycles. The number of hydrogen-bond acceptors (Lipinski definition) is 6. The third-order valence-corrected chi connectivity index (χ3v) is 8.59. The molecule has 9 nitrogen and oxygen atoms in total. The van der Waals surface area contributed by atoms with Crippen LogP contribution in [0.4, 0.5) is 18.9 Å². The van der Waals surface area contributed by atoms with Crippen LogP contribution in [0.3, 0.4) is 0 Å². The van der Waals surface area contributed by atoms with Crippen LogP contribution in [-0.4, -0.2) is 41.9 Å². The number of aromatic nitrogens is 1. The Kier molecular flexibility index (Phi) is 7.97. The summed E-state index contributed by atoms with van der Waals surface area (Å²) in [6.07, 6.45) is -3.92. The van der Waals surface area contributed by atoms with Crippen LogP contribution in [-0.2, 0) is 40.8 Å². The number of alkyl halides is 3. The monoisotopic (exact) mass is 601 g/mol. The van der Waals surface area contributed by atoms with Gasteiger partial charge in [0.2, 0.25) is 5.89 Å². The molecule has 1 aromatic heterocycles. The molecule has 0 amide bonds. The van der Waals surface area contributed by atoms with Gasteiger partial charge in [0.15, 0.2) is 0 Å². The molecule has 0 atom stereocenters. The third-order valence-electron chi connectivity index (χ3n) is 6.75. The van der Waals surface area contributed by atoms with E-state index in [9.17, 15) is 31.5 Å². The molecular weight excluding hydrogens is 575 g/mol. The van der Waals surface area contributed by atoms with Gasteiger partial charge in [-0.15, -0.1) is 0 Å². The Bertz CT molecular complexity index is 1700. The maximum absolute atomic E-state index is 13.5. The lowest BCUT2D eigenvalue weighted by molar-refractivity contribution is -0.138. The maximum atomic E-state index is 13.5. The molecule has 0 fully saturated rings. The SMILES string of the molecule is Cc1oc(-c2ccc(C(F)(F)F)cc2)nc1COc1cccc(CN(CC(=O)O)S(=O)(=O)N2CCc3ccccc32)c1. The number of carbonyl (C=O) groups is 1. The molecule has 3 aromatic carbocycles. The maximum Gasteiger partial charge on any atom is 0.416 e. The van der Waals surface area contributed by atoms with Crippen molar-refractivity contribution in [2.24, 2.45) is 0 Å². The first kappa shape index (κ1) is 29.1. The summed E-state index contributed by atoms with van der Waals surface area (Å²) in [6.45, 7) is 0.914. The Morgan fingerprint density at radius 1 is 1.10 bits per heavy atom. The largest absolute Gasteiger partial charge is 0.487 e. The Morgan fingerprint density at radius 3 is 2.55 bits per heavy atom. The first-order valence-corrected chi connectivity index (χ1v) is 14.2. The molecule has 2 heterocycles. The molecule has 0 bridgehead atoms. The number of oxazole rings is 1. The molecule has 1 aliphatic rings. The second kappa shape index (κ2) is 11.5. The second-order valence-corrected chi connectivity index (χ2v) is 11.5. The van der Waals surface area contributed by atoms with E-state index in [0.29, 0.717) is 40.4 Å². The quantitative estimate of drug-likeness (QED) is 0.258. The highest BCUT2D eigenvalue weighted by molar-refractivity contribution is 7.90. The van der Waals surface area contributed by atoms with Crippen LogP contribution >= 0.6 is 0 Å². The highest BCUT2D eigenvalue weighted by Gasteiger charge is 2.35. The zero-order valence-electron chi connectivity index (χ0n) is 22.3. The summed E-state index contributed by atoms with van der Waals surface area (Å²) in [7, 11) is -4.16. The number of hydrogen-bond donors (Lipinski definition) is 1. The normalized spacial score (nSPS) is 13.4. The van der Waals surface area contributed by atoms with Crippen molar-refractivity contribution in [2.45, 2.75) is 32.7 Å². The Balaban J connectivity index is 1.29. The van der Waals surface area contributed by atoms with E-state index in [1.165, 1.54) is 16.4 Å². The van der Waals surface area contributed by atoms with E-state index in [-0.39, 0.29) is 25.6 Å². The molecule has 13 heteroatoms. The van der Waals surface area contributed by atoms with Gasteiger partial charge in [-0.1, -0.05) is 30.3 Å². The predicted octanol–water partition coefficient (Wildman–Crippen LogP) is 5.44. The van der Waals surface area contributed by atoms with Gasteiger partial charge in [-0.3, -0.25) is 9.10 Å². The molecule has 4 aromatic rings. The van der Waals surface area contributed by atoms with E-state index in [2.05, 4.69) is 4.98 Å². The average Bonchev–Trinajstić information content (AvgIpc) is 3.55. The number of halogens is 3. The van der Waals surface area contributed by atoms with Crippen molar-refractivity contribution in [1.82, 2.24) is 9.29 Å². The molecule has 1 N–H and O–H groups in total. The zero-order valence-corrected chi connectivity index (χ0v) is 23.2. The number of para-hydroxylation sites is 1. The number of aliphatic carboxylic acids is 1.